The number of benzene rings is 1. The van der Waals surface area contributed by atoms with Gasteiger partial charge in [0.2, 0.25) is 0 Å². The Morgan fingerprint density at radius 1 is 1.38 bits per heavy atom. The summed E-state index contributed by atoms with van der Waals surface area (Å²) in [7, 11) is 3.73. The highest BCUT2D eigenvalue weighted by Gasteiger charge is 2.13. The zero-order valence-corrected chi connectivity index (χ0v) is 16.0. The van der Waals surface area contributed by atoms with Gasteiger partial charge >= 0.3 is 6.09 Å². The number of carbonyl (C=O) groups is 1. The van der Waals surface area contributed by atoms with Gasteiger partial charge in [0.1, 0.15) is 0 Å². The lowest BCUT2D eigenvalue weighted by molar-refractivity contribution is 0.117. The Morgan fingerprint density at radius 2 is 2.08 bits per heavy atom. The largest absolute Gasteiger partial charge is 0.450 e. The Hall–Kier alpha value is -1.97. The Morgan fingerprint density at radius 3 is 2.67 bits per heavy atom. The minimum atomic E-state index is -0.265. The van der Waals surface area contributed by atoms with Crippen LogP contribution in [-0.4, -0.2) is 38.2 Å². The predicted octanol–water partition coefficient (Wildman–Crippen LogP) is 4.94. The normalized spacial score (nSPS) is 11.5. The fourth-order valence-corrected chi connectivity index (χ4v) is 2.48. The third kappa shape index (κ3) is 6.26. The minimum absolute atomic E-state index is 0.265. The van der Waals surface area contributed by atoms with E-state index in [1.807, 2.05) is 14.0 Å². The van der Waals surface area contributed by atoms with Gasteiger partial charge in [-0.3, -0.25) is 0 Å². The van der Waals surface area contributed by atoms with Crippen LogP contribution in [0.15, 0.2) is 24.3 Å². The second-order valence-corrected chi connectivity index (χ2v) is 6.53. The molecule has 0 saturated heterocycles. The van der Waals surface area contributed by atoms with Crippen LogP contribution in [0.5, 0.6) is 0 Å². The molecule has 134 valence electrons. The van der Waals surface area contributed by atoms with Crippen molar-refractivity contribution in [2.45, 2.75) is 40.5 Å². The number of nitrogens with zero attached hydrogens (tertiary/aromatic N) is 1. The van der Waals surface area contributed by atoms with Crippen LogP contribution in [0.1, 0.15) is 44.7 Å². The number of aryl methyl sites for hydroxylation is 1. The molecule has 0 fully saturated rings. The number of anilines is 1. The Bertz CT molecular complexity index is 565. The van der Waals surface area contributed by atoms with Crippen molar-refractivity contribution in [3.05, 3.63) is 35.4 Å². The summed E-state index contributed by atoms with van der Waals surface area (Å²) in [4.78, 5) is 13.4. The van der Waals surface area contributed by atoms with Crippen molar-refractivity contribution < 1.29 is 9.53 Å². The summed E-state index contributed by atoms with van der Waals surface area (Å²) in [6, 6.07) is 6.44. The maximum atomic E-state index is 11.8. The van der Waals surface area contributed by atoms with Crippen molar-refractivity contribution in [3.8, 4) is 0 Å². The van der Waals surface area contributed by atoms with Crippen LogP contribution in [0.25, 0.3) is 5.57 Å². The molecule has 0 aliphatic carbocycles. The summed E-state index contributed by atoms with van der Waals surface area (Å²) in [6.07, 6.45) is 3.87. The summed E-state index contributed by atoms with van der Waals surface area (Å²) in [6.45, 7) is 9.41. The lowest BCUT2D eigenvalue weighted by atomic mass is 9.96. The second-order valence-electron chi connectivity index (χ2n) is 6.53. The first kappa shape index (κ1) is 20.1. The minimum Gasteiger partial charge on any atom is -0.450 e. The van der Waals surface area contributed by atoms with Gasteiger partial charge in [-0.1, -0.05) is 31.6 Å². The fourth-order valence-electron chi connectivity index (χ4n) is 2.48. The van der Waals surface area contributed by atoms with Crippen LogP contribution in [0.4, 0.5) is 10.5 Å². The molecule has 0 saturated carbocycles. The van der Waals surface area contributed by atoms with Crippen molar-refractivity contribution in [1.82, 2.24) is 4.90 Å². The van der Waals surface area contributed by atoms with Gasteiger partial charge in [0, 0.05) is 31.9 Å². The average molecular weight is 332 g/mol. The molecule has 0 spiro atoms. The van der Waals surface area contributed by atoms with E-state index in [9.17, 15) is 4.79 Å². The number of rotatable bonds is 8. The summed E-state index contributed by atoms with van der Waals surface area (Å²) in [5.41, 5.74) is 4.84. The van der Waals surface area contributed by atoms with E-state index in [0.29, 0.717) is 19.1 Å². The topological polar surface area (TPSA) is 41.6 Å². The maximum absolute atomic E-state index is 11.8. The lowest BCUT2D eigenvalue weighted by Crippen LogP contribution is -2.28. The molecule has 0 aliphatic heterocycles. The first-order valence-corrected chi connectivity index (χ1v) is 8.74. The molecule has 4 heteroatoms. The number of carbonyl (C=O) groups excluding carboxylic acids is 1. The van der Waals surface area contributed by atoms with E-state index in [0.717, 1.165) is 18.5 Å². The smallest absolute Gasteiger partial charge is 0.409 e. The standard InChI is InChI=1S/C20H32N2O2/c1-7-24-20(23)22(6)13-12-17(10-8-15(2)3)18-14-16(4)9-11-19(18)21-5/h9-11,14-15,21H,7-8,12-13H2,1-6H3/b17-10+. The molecule has 0 atom stereocenters. The van der Waals surface area contributed by atoms with Gasteiger partial charge in [0.05, 0.1) is 6.61 Å². The first-order chi connectivity index (χ1) is 11.4. The predicted molar refractivity (Wildman–Crippen MR) is 102 cm³/mol. The van der Waals surface area contributed by atoms with E-state index in [-0.39, 0.29) is 6.09 Å². The molecule has 1 aromatic rings. The van der Waals surface area contributed by atoms with Crippen LogP contribution >= 0.6 is 0 Å². The van der Waals surface area contributed by atoms with Gasteiger partial charge in [0.25, 0.3) is 0 Å². The Labute approximate surface area is 146 Å². The first-order valence-electron chi connectivity index (χ1n) is 8.74. The van der Waals surface area contributed by atoms with Gasteiger partial charge in [-0.15, -0.1) is 0 Å². The molecule has 0 unspecified atom stereocenters. The lowest BCUT2D eigenvalue weighted by Gasteiger charge is -2.19. The molecule has 1 N–H and O–H groups in total. The van der Waals surface area contributed by atoms with Crippen molar-refractivity contribution in [1.29, 1.82) is 0 Å². The maximum Gasteiger partial charge on any atom is 0.409 e. The zero-order valence-electron chi connectivity index (χ0n) is 16.0. The summed E-state index contributed by atoms with van der Waals surface area (Å²) in [5, 5.41) is 3.28. The molecule has 0 aromatic heterocycles. The monoisotopic (exact) mass is 332 g/mol. The third-order valence-electron chi connectivity index (χ3n) is 3.92. The van der Waals surface area contributed by atoms with Crippen molar-refractivity contribution in [2.24, 2.45) is 5.92 Å². The van der Waals surface area contributed by atoms with Crippen LogP contribution in [0, 0.1) is 12.8 Å². The van der Waals surface area contributed by atoms with E-state index in [1.165, 1.54) is 16.7 Å². The highest BCUT2D eigenvalue weighted by Crippen LogP contribution is 2.28. The number of nitrogens with one attached hydrogen (secondary N) is 1. The van der Waals surface area contributed by atoms with Gasteiger partial charge in [0.15, 0.2) is 0 Å². The highest BCUT2D eigenvalue weighted by molar-refractivity contribution is 5.77. The number of hydrogen-bond acceptors (Lipinski definition) is 3. The molecule has 4 nitrogen and oxygen atoms in total. The number of hydrogen-bond donors (Lipinski definition) is 1. The average Bonchev–Trinajstić information content (AvgIpc) is 2.54. The quantitative estimate of drug-likeness (QED) is 0.733. The third-order valence-corrected chi connectivity index (χ3v) is 3.92. The van der Waals surface area contributed by atoms with E-state index >= 15 is 0 Å². The molecule has 0 bridgehead atoms. The zero-order chi connectivity index (χ0) is 18.1. The second kappa shape index (κ2) is 10.0. The van der Waals surface area contributed by atoms with Crippen LogP contribution < -0.4 is 5.32 Å². The molecule has 24 heavy (non-hydrogen) atoms. The number of ether oxygens (including phenoxy) is 1. The Kier molecular flexibility index (Phi) is 8.37. The van der Waals surface area contributed by atoms with Crippen molar-refractivity contribution >= 4 is 17.4 Å². The van der Waals surface area contributed by atoms with Gasteiger partial charge in [-0.05, 0) is 50.3 Å². The number of allylic oxidation sites excluding steroid dienone is 1. The molecule has 1 amide bonds. The molecule has 0 radical (unpaired) electrons. The SMILES string of the molecule is CCOC(=O)N(C)CC/C(=C\CC(C)C)c1cc(C)ccc1NC. The van der Waals surface area contributed by atoms with Gasteiger partial charge in [-0.25, -0.2) is 4.79 Å². The van der Waals surface area contributed by atoms with Crippen LogP contribution in [-0.2, 0) is 4.74 Å². The van der Waals surface area contributed by atoms with Crippen molar-refractivity contribution in [3.63, 3.8) is 0 Å². The van der Waals surface area contributed by atoms with Crippen LogP contribution in [0.2, 0.25) is 0 Å². The molecular weight excluding hydrogens is 300 g/mol. The molecule has 0 heterocycles. The molecule has 1 rings (SSSR count). The summed E-state index contributed by atoms with van der Waals surface area (Å²) < 4.78 is 5.06. The highest BCUT2D eigenvalue weighted by atomic mass is 16.5. The van der Waals surface area contributed by atoms with Crippen molar-refractivity contribution in [2.75, 3.05) is 32.6 Å². The van der Waals surface area contributed by atoms with E-state index < -0.39 is 0 Å². The van der Waals surface area contributed by atoms with Gasteiger partial charge < -0.3 is 15.0 Å². The van der Waals surface area contributed by atoms with Crippen LogP contribution in [0.3, 0.4) is 0 Å². The number of amides is 1. The molecule has 1 aromatic carbocycles. The van der Waals surface area contributed by atoms with Gasteiger partial charge in [-0.2, -0.15) is 0 Å². The van der Waals surface area contributed by atoms with E-state index in [2.05, 4.69) is 50.4 Å². The Balaban J connectivity index is 2.99. The fraction of sp³-hybridized carbons (Fsp3) is 0.550. The summed E-state index contributed by atoms with van der Waals surface area (Å²) >= 11 is 0. The summed E-state index contributed by atoms with van der Waals surface area (Å²) in [5.74, 6) is 0.602. The molecule has 0 aliphatic rings. The van der Waals surface area contributed by atoms with E-state index in [1.54, 1.807) is 11.9 Å². The van der Waals surface area contributed by atoms with E-state index in [4.69, 9.17) is 4.74 Å². The molecular formula is C20H32N2O2.